The highest BCUT2D eigenvalue weighted by atomic mass is 32.2. The Kier molecular flexibility index (Phi) is 4.98. The van der Waals surface area contributed by atoms with Gasteiger partial charge in [-0.3, -0.25) is 4.79 Å². The summed E-state index contributed by atoms with van der Waals surface area (Å²) in [6, 6.07) is 7.52. The van der Waals surface area contributed by atoms with Crippen molar-refractivity contribution >= 4 is 17.5 Å². The molecule has 1 aromatic rings. The van der Waals surface area contributed by atoms with Crippen molar-refractivity contribution in [1.82, 2.24) is 0 Å². The van der Waals surface area contributed by atoms with Crippen LogP contribution in [0.5, 0.6) is 0 Å². The smallest absolute Gasteiger partial charge is 0.188 e. The van der Waals surface area contributed by atoms with Gasteiger partial charge < -0.3 is 4.74 Å². The van der Waals surface area contributed by atoms with E-state index in [0.717, 1.165) is 4.90 Å². The molecular weight excluding hydrogens is 208 g/mol. The first-order valence-electron chi connectivity index (χ1n) is 4.74. The van der Waals surface area contributed by atoms with Crippen molar-refractivity contribution in [3.05, 3.63) is 42.2 Å². The number of thioether (sulfide) groups is 1. The zero-order valence-corrected chi connectivity index (χ0v) is 9.71. The minimum atomic E-state index is -0.0314. The maximum absolute atomic E-state index is 11.5. The molecule has 80 valence electrons. The molecule has 0 aliphatic rings. The third-order valence-corrected chi connectivity index (χ3v) is 2.60. The maximum Gasteiger partial charge on any atom is 0.188 e. The fourth-order valence-electron chi connectivity index (χ4n) is 1.06. The van der Waals surface area contributed by atoms with Gasteiger partial charge in [0, 0.05) is 16.5 Å². The monoisotopic (exact) mass is 222 g/mol. The Balaban J connectivity index is 2.66. The molecule has 0 aliphatic heterocycles. The molecule has 1 aromatic carbocycles. The highest BCUT2D eigenvalue weighted by Gasteiger charge is 2.00. The van der Waals surface area contributed by atoms with E-state index < -0.39 is 0 Å². The van der Waals surface area contributed by atoms with Gasteiger partial charge in [-0.05, 0) is 37.4 Å². The van der Waals surface area contributed by atoms with E-state index in [1.807, 2.05) is 37.4 Å². The molecule has 0 N–H and O–H groups in total. The van der Waals surface area contributed by atoms with Gasteiger partial charge in [-0.2, -0.15) is 0 Å². The normalized spacial score (nSPS) is 10.5. The van der Waals surface area contributed by atoms with E-state index >= 15 is 0 Å². The molecule has 2 nitrogen and oxygen atoms in total. The summed E-state index contributed by atoms with van der Waals surface area (Å²) in [5.74, 6) is -0.0314. The summed E-state index contributed by atoms with van der Waals surface area (Å²) in [7, 11) is 0. The zero-order chi connectivity index (χ0) is 11.1. The Bertz CT molecular complexity index is 341. The molecule has 0 saturated carbocycles. The zero-order valence-electron chi connectivity index (χ0n) is 8.90. The molecule has 0 radical (unpaired) electrons. The average molecular weight is 222 g/mol. The van der Waals surface area contributed by atoms with Crippen LogP contribution in [0.1, 0.15) is 17.3 Å². The fraction of sp³-hybridized carbons (Fsp3) is 0.250. The van der Waals surface area contributed by atoms with E-state index in [9.17, 15) is 4.79 Å². The fourth-order valence-corrected chi connectivity index (χ4v) is 1.47. The number of benzene rings is 1. The lowest BCUT2D eigenvalue weighted by atomic mass is 10.1. The van der Waals surface area contributed by atoms with Crippen molar-refractivity contribution in [2.75, 3.05) is 12.9 Å². The largest absolute Gasteiger partial charge is 0.501 e. The Hall–Kier alpha value is -1.22. The maximum atomic E-state index is 11.5. The Morgan fingerprint density at radius 2 is 2.07 bits per heavy atom. The van der Waals surface area contributed by atoms with E-state index in [1.165, 1.54) is 12.3 Å². The number of carbonyl (C=O) groups is 1. The second-order valence-electron chi connectivity index (χ2n) is 2.85. The molecule has 0 aromatic heterocycles. The third-order valence-electron chi connectivity index (χ3n) is 1.86. The summed E-state index contributed by atoms with van der Waals surface area (Å²) in [4.78, 5) is 12.7. The lowest BCUT2D eigenvalue weighted by Crippen LogP contribution is -1.94. The molecular formula is C12H14O2S. The van der Waals surface area contributed by atoms with Crippen molar-refractivity contribution in [3.63, 3.8) is 0 Å². The van der Waals surface area contributed by atoms with Gasteiger partial charge in [0.05, 0.1) is 12.9 Å². The number of hydrogen-bond acceptors (Lipinski definition) is 3. The molecule has 0 fully saturated rings. The van der Waals surface area contributed by atoms with Crippen molar-refractivity contribution in [2.45, 2.75) is 11.8 Å². The minimum Gasteiger partial charge on any atom is -0.501 e. The lowest BCUT2D eigenvalue weighted by Gasteiger charge is -1.98. The molecule has 0 aliphatic carbocycles. The summed E-state index contributed by atoms with van der Waals surface area (Å²) < 4.78 is 4.97. The number of carbonyl (C=O) groups excluding carboxylic acids is 1. The molecule has 0 spiro atoms. The van der Waals surface area contributed by atoms with Crippen LogP contribution >= 0.6 is 11.8 Å². The van der Waals surface area contributed by atoms with Crippen molar-refractivity contribution in [3.8, 4) is 0 Å². The minimum absolute atomic E-state index is 0.0314. The van der Waals surface area contributed by atoms with Gasteiger partial charge in [-0.25, -0.2) is 0 Å². The van der Waals surface area contributed by atoms with Crippen molar-refractivity contribution in [1.29, 1.82) is 0 Å². The molecule has 0 atom stereocenters. The van der Waals surface area contributed by atoms with Gasteiger partial charge in [0.2, 0.25) is 0 Å². The van der Waals surface area contributed by atoms with E-state index in [0.29, 0.717) is 12.2 Å². The van der Waals surface area contributed by atoms with Gasteiger partial charge in [0.25, 0.3) is 0 Å². The Morgan fingerprint density at radius 3 is 2.60 bits per heavy atom. The second-order valence-corrected chi connectivity index (χ2v) is 3.73. The highest BCUT2D eigenvalue weighted by molar-refractivity contribution is 7.98. The predicted molar refractivity (Wildman–Crippen MR) is 63.3 cm³/mol. The number of ketones is 1. The van der Waals surface area contributed by atoms with Crippen LogP contribution in [-0.2, 0) is 4.74 Å². The van der Waals surface area contributed by atoms with Gasteiger partial charge in [0.15, 0.2) is 5.78 Å². The summed E-state index contributed by atoms with van der Waals surface area (Å²) in [6.07, 6.45) is 4.88. The van der Waals surface area contributed by atoms with Crippen LogP contribution in [0.25, 0.3) is 0 Å². The molecule has 15 heavy (non-hydrogen) atoms. The first-order valence-corrected chi connectivity index (χ1v) is 5.97. The van der Waals surface area contributed by atoms with Crippen molar-refractivity contribution in [2.24, 2.45) is 0 Å². The summed E-state index contributed by atoms with van der Waals surface area (Å²) >= 11 is 1.66. The van der Waals surface area contributed by atoms with Gasteiger partial charge in [-0.15, -0.1) is 11.8 Å². The average Bonchev–Trinajstić information content (AvgIpc) is 2.29. The van der Waals surface area contributed by atoms with Gasteiger partial charge >= 0.3 is 0 Å². The number of rotatable bonds is 5. The van der Waals surface area contributed by atoms with Crippen LogP contribution in [0.3, 0.4) is 0 Å². The first-order chi connectivity index (χ1) is 7.27. The summed E-state index contributed by atoms with van der Waals surface area (Å²) in [5.41, 5.74) is 0.684. The SMILES string of the molecule is CCO/C=C/C(=O)c1ccc(SC)cc1. The number of ether oxygens (including phenoxy) is 1. The third kappa shape index (κ3) is 3.80. The molecule has 3 heteroatoms. The van der Waals surface area contributed by atoms with E-state index in [4.69, 9.17) is 4.74 Å². The van der Waals surface area contributed by atoms with Crippen LogP contribution < -0.4 is 0 Å². The molecule has 0 saturated heterocycles. The topological polar surface area (TPSA) is 26.3 Å². The lowest BCUT2D eigenvalue weighted by molar-refractivity contribution is 0.104. The van der Waals surface area contributed by atoms with Crippen LogP contribution in [0.4, 0.5) is 0 Å². The van der Waals surface area contributed by atoms with E-state index in [-0.39, 0.29) is 5.78 Å². The van der Waals surface area contributed by atoms with Crippen molar-refractivity contribution < 1.29 is 9.53 Å². The highest BCUT2D eigenvalue weighted by Crippen LogP contribution is 2.15. The Labute approximate surface area is 94.3 Å². The van der Waals surface area contributed by atoms with Crippen LogP contribution in [0, 0.1) is 0 Å². The van der Waals surface area contributed by atoms with Crippen LogP contribution in [0.15, 0.2) is 41.5 Å². The molecule has 0 bridgehead atoms. The van der Waals surface area contributed by atoms with E-state index in [1.54, 1.807) is 11.8 Å². The van der Waals surface area contributed by atoms with Crippen LogP contribution in [0.2, 0.25) is 0 Å². The summed E-state index contributed by atoms with van der Waals surface area (Å²) in [5, 5.41) is 0. The molecule has 0 unspecified atom stereocenters. The Morgan fingerprint density at radius 1 is 1.40 bits per heavy atom. The van der Waals surface area contributed by atoms with E-state index in [2.05, 4.69) is 0 Å². The first kappa shape index (κ1) is 11.9. The number of hydrogen-bond donors (Lipinski definition) is 0. The predicted octanol–water partition coefficient (Wildman–Crippen LogP) is 3.14. The molecule has 1 rings (SSSR count). The standard InChI is InChI=1S/C12H14O2S/c1-3-14-9-8-12(13)10-4-6-11(15-2)7-5-10/h4-9H,3H2,1-2H3/b9-8+. The van der Waals surface area contributed by atoms with Gasteiger partial charge in [-0.1, -0.05) is 0 Å². The second kappa shape index (κ2) is 6.30. The quantitative estimate of drug-likeness (QED) is 0.331. The summed E-state index contributed by atoms with van der Waals surface area (Å²) in [6.45, 7) is 2.46. The molecule has 0 heterocycles. The van der Waals surface area contributed by atoms with Crippen LogP contribution in [-0.4, -0.2) is 18.6 Å². The van der Waals surface area contributed by atoms with Gasteiger partial charge in [0.1, 0.15) is 0 Å². The molecule has 0 amide bonds. The number of allylic oxidation sites excluding steroid dienone is 1.